The van der Waals surface area contributed by atoms with Gasteiger partial charge in [-0.1, -0.05) is 0 Å². The standard InChI is InChI=1S/C19H14O7/c1-10-18(26-12-3-6-16(24-2)11(7-12)8-20)17(23)13-4-5-15(22)14(9-21)19(13)25-10/h3-9,22H,1-2H3. The highest BCUT2D eigenvalue weighted by molar-refractivity contribution is 5.97. The Morgan fingerprint density at radius 1 is 1.12 bits per heavy atom. The molecular weight excluding hydrogens is 340 g/mol. The molecular formula is C19H14O7. The maximum Gasteiger partial charge on any atom is 0.235 e. The summed E-state index contributed by atoms with van der Waals surface area (Å²) in [5.41, 5.74) is -0.364. The molecule has 0 aliphatic heterocycles. The first kappa shape index (κ1) is 17.2. The normalized spacial score (nSPS) is 10.5. The predicted molar refractivity (Wildman–Crippen MR) is 92.7 cm³/mol. The van der Waals surface area contributed by atoms with Crippen molar-refractivity contribution >= 4 is 23.5 Å². The Kier molecular flexibility index (Phi) is 4.45. The summed E-state index contributed by atoms with van der Waals surface area (Å²) < 4.78 is 16.2. The third-order valence-electron chi connectivity index (χ3n) is 3.86. The first-order valence-electron chi connectivity index (χ1n) is 7.55. The molecule has 7 nitrogen and oxygen atoms in total. The van der Waals surface area contributed by atoms with Crippen molar-refractivity contribution in [2.45, 2.75) is 6.92 Å². The zero-order chi connectivity index (χ0) is 18.8. The van der Waals surface area contributed by atoms with Crippen LogP contribution in [0, 0.1) is 6.92 Å². The highest BCUT2D eigenvalue weighted by Gasteiger charge is 2.18. The van der Waals surface area contributed by atoms with Gasteiger partial charge in [0.05, 0.1) is 23.6 Å². The van der Waals surface area contributed by atoms with E-state index >= 15 is 0 Å². The number of carbonyl (C=O) groups is 2. The Balaban J connectivity index is 2.15. The van der Waals surface area contributed by atoms with E-state index < -0.39 is 5.43 Å². The second-order valence-electron chi connectivity index (χ2n) is 5.43. The SMILES string of the molecule is COc1ccc(Oc2c(C)oc3c(C=O)c(O)ccc3c2=O)cc1C=O. The largest absolute Gasteiger partial charge is 0.507 e. The average Bonchev–Trinajstić information content (AvgIpc) is 2.64. The summed E-state index contributed by atoms with van der Waals surface area (Å²) in [5.74, 6) is 0.383. The Morgan fingerprint density at radius 3 is 2.54 bits per heavy atom. The zero-order valence-corrected chi connectivity index (χ0v) is 13.9. The Morgan fingerprint density at radius 2 is 1.88 bits per heavy atom. The van der Waals surface area contributed by atoms with Crippen LogP contribution >= 0.6 is 0 Å². The van der Waals surface area contributed by atoms with Crippen LogP contribution in [-0.2, 0) is 0 Å². The van der Waals surface area contributed by atoms with Gasteiger partial charge in [-0.3, -0.25) is 14.4 Å². The zero-order valence-electron chi connectivity index (χ0n) is 13.9. The summed E-state index contributed by atoms with van der Waals surface area (Å²) in [6.45, 7) is 1.50. The summed E-state index contributed by atoms with van der Waals surface area (Å²) in [6.07, 6.45) is 1.03. The van der Waals surface area contributed by atoms with Gasteiger partial charge in [-0.05, 0) is 37.3 Å². The minimum atomic E-state index is -0.504. The average molecular weight is 354 g/mol. The summed E-state index contributed by atoms with van der Waals surface area (Å²) in [4.78, 5) is 35.0. The number of phenolic OH excluding ortho intramolecular Hbond substituents is 1. The topological polar surface area (TPSA) is 103 Å². The summed E-state index contributed by atoms with van der Waals surface area (Å²) in [7, 11) is 1.44. The second-order valence-corrected chi connectivity index (χ2v) is 5.43. The van der Waals surface area contributed by atoms with Crippen molar-refractivity contribution in [3.63, 3.8) is 0 Å². The lowest BCUT2D eigenvalue weighted by molar-refractivity contribution is 0.111. The number of ether oxygens (including phenoxy) is 2. The smallest absolute Gasteiger partial charge is 0.235 e. The van der Waals surface area contributed by atoms with E-state index in [0.29, 0.717) is 18.3 Å². The molecule has 0 fully saturated rings. The van der Waals surface area contributed by atoms with Crippen LogP contribution in [0.3, 0.4) is 0 Å². The van der Waals surface area contributed by atoms with Crippen LogP contribution < -0.4 is 14.9 Å². The van der Waals surface area contributed by atoms with E-state index in [1.165, 1.54) is 32.2 Å². The Bertz CT molecular complexity index is 1080. The third-order valence-corrected chi connectivity index (χ3v) is 3.86. The van der Waals surface area contributed by atoms with Gasteiger partial charge in [0.2, 0.25) is 11.2 Å². The first-order chi connectivity index (χ1) is 12.5. The van der Waals surface area contributed by atoms with E-state index in [1.54, 1.807) is 12.1 Å². The molecule has 132 valence electrons. The molecule has 0 bridgehead atoms. The summed E-state index contributed by atoms with van der Waals surface area (Å²) in [5, 5.41) is 9.82. The van der Waals surface area contributed by atoms with E-state index in [4.69, 9.17) is 13.9 Å². The molecule has 1 N–H and O–H groups in total. The van der Waals surface area contributed by atoms with E-state index in [2.05, 4.69) is 0 Å². The molecule has 0 radical (unpaired) electrons. The molecule has 0 amide bonds. The maximum absolute atomic E-state index is 12.7. The van der Waals surface area contributed by atoms with Gasteiger partial charge in [0, 0.05) is 0 Å². The van der Waals surface area contributed by atoms with Crippen molar-refractivity contribution in [2.24, 2.45) is 0 Å². The molecule has 0 aliphatic rings. The molecule has 0 unspecified atom stereocenters. The van der Waals surface area contributed by atoms with Crippen LogP contribution in [0.4, 0.5) is 0 Å². The molecule has 1 aromatic heterocycles. The molecule has 1 heterocycles. The van der Waals surface area contributed by atoms with E-state index in [9.17, 15) is 19.5 Å². The number of hydrogen-bond acceptors (Lipinski definition) is 7. The van der Waals surface area contributed by atoms with E-state index in [1.807, 2.05) is 0 Å². The molecule has 0 saturated heterocycles. The van der Waals surface area contributed by atoms with Gasteiger partial charge in [-0.25, -0.2) is 0 Å². The molecule has 3 aromatic rings. The first-order valence-corrected chi connectivity index (χ1v) is 7.55. The van der Waals surface area contributed by atoms with Crippen molar-refractivity contribution in [1.82, 2.24) is 0 Å². The molecule has 0 atom stereocenters. The van der Waals surface area contributed by atoms with Gasteiger partial charge in [-0.15, -0.1) is 0 Å². The van der Waals surface area contributed by atoms with Crippen LogP contribution in [0.25, 0.3) is 11.0 Å². The van der Waals surface area contributed by atoms with Gasteiger partial charge in [-0.2, -0.15) is 0 Å². The lowest BCUT2D eigenvalue weighted by atomic mass is 10.1. The lowest BCUT2D eigenvalue weighted by Gasteiger charge is -2.11. The highest BCUT2D eigenvalue weighted by atomic mass is 16.5. The van der Waals surface area contributed by atoms with Crippen LogP contribution in [0.1, 0.15) is 26.5 Å². The predicted octanol–water partition coefficient (Wildman–Crippen LogP) is 3.23. The van der Waals surface area contributed by atoms with Crippen LogP contribution in [0.2, 0.25) is 0 Å². The Labute approximate surface area is 147 Å². The number of phenols is 1. The third kappa shape index (κ3) is 2.79. The number of aldehydes is 2. The van der Waals surface area contributed by atoms with Gasteiger partial charge in [0.25, 0.3) is 0 Å². The van der Waals surface area contributed by atoms with Gasteiger partial charge < -0.3 is 19.0 Å². The lowest BCUT2D eigenvalue weighted by Crippen LogP contribution is -2.08. The number of fused-ring (bicyclic) bond motifs is 1. The number of methoxy groups -OCH3 is 1. The number of aryl methyl sites for hydroxylation is 1. The molecule has 0 spiro atoms. The van der Waals surface area contributed by atoms with Crippen molar-refractivity contribution in [3.8, 4) is 23.0 Å². The number of hydrogen-bond donors (Lipinski definition) is 1. The number of carbonyl (C=O) groups excluding carboxylic acids is 2. The maximum atomic E-state index is 12.7. The van der Waals surface area contributed by atoms with E-state index in [-0.39, 0.29) is 45.1 Å². The van der Waals surface area contributed by atoms with Crippen molar-refractivity contribution in [2.75, 3.05) is 7.11 Å². The minimum absolute atomic E-state index is 0.0156. The van der Waals surface area contributed by atoms with Crippen LogP contribution in [0.15, 0.2) is 39.5 Å². The molecule has 0 aliphatic carbocycles. The fourth-order valence-corrected chi connectivity index (χ4v) is 2.58. The van der Waals surface area contributed by atoms with Crippen molar-refractivity contribution < 1.29 is 28.6 Å². The molecule has 0 saturated carbocycles. The molecule has 2 aromatic carbocycles. The van der Waals surface area contributed by atoms with Crippen LogP contribution in [0.5, 0.6) is 23.0 Å². The van der Waals surface area contributed by atoms with Crippen molar-refractivity contribution in [1.29, 1.82) is 0 Å². The highest BCUT2D eigenvalue weighted by Crippen LogP contribution is 2.31. The molecule has 7 heteroatoms. The number of aromatic hydroxyl groups is 1. The monoisotopic (exact) mass is 354 g/mol. The fraction of sp³-hybridized carbons (Fsp3) is 0.105. The van der Waals surface area contributed by atoms with Gasteiger partial charge in [0.1, 0.15) is 23.0 Å². The molecule has 3 rings (SSSR count). The molecule has 26 heavy (non-hydrogen) atoms. The van der Waals surface area contributed by atoms with Crippen LogP contribution in [-0.4, -0.2) is 24.8 Å². The minimum Gasteiger partial charge on any atom is -0.507 e. The summed E-state index contributed by atoms with van der Waals surface area (Å²) >= 11 is 0. The number of rotatable bonds is 5. The Hall–Kier alpha value is -3.61. The van der Waals surface area contributed by atoms with Crippen molar-refractivity contribution in [3.05, 3.63) is 57.4 Å². The van der Waals surface area contributed by atoms with Gasteiger partial charge >= 0.3 is 0 Å². The summed E-state index contributed by atoms with van der Waals surface area (Å²) in [6, 6.07) is 7.10. The quantitative estimate of drug-likeness (QED) is 0.702. The second kappa shape index (κ2) is 6.72. The fourth-order valence-electron chi connectivity index (χ4n) is 2.58. The van der Waals surface area contributed by atoms with Gasteiger partial charge in [0.15, 0.2) is 18.2 Å². The van der Waals surface area contributed by atoms with E-state index in [0.717, 1.165) is 0 Å². The number of benzene rings is 2.